The van der Waals surface area contributed by atoms with Gasteiger partial charge in [-0.2, -0.15) is 0 Å². The SMILES string of the molecule is COc1ccccc1C(=O)Nc1ccc(Nc2ccccc2Br)nn1. The summed E-state index contributed by atoms with van der Waals surface area (Å²) >= 11 is 3.46. The van der Waals surface area contributed by atoms with Gasteiger partial charge in [0.15, 0.2) is 11.6 Å². The first kappa shape index (κ1) is 16.9. The van der Waals surface area contributed by atoms with Gasteiger partial charge in [0.05, 0.1) is 18.4 Å². The van der Waals surface area contributed by atoms with Crippen LogP contribution in [0.1, 0.15) is 10.4 Å². The van der Waals surface area contributed by atoms with E-state index in [4.69, 9.17) is 4.74 Å². The number of anilines is 3. The number of hydrogen-bond acceptors (Lipinski definition) is 5. The molecule has 3 aromatic rings. The molecule has 0 radical (unpaired) electrons. The summed E-state index contributed by atoms with van der Waals surface area (Å²) in [7, 11) is 1.52. The number of benzene rings is 2. The Morgan fingerprint density at radius 1 is 0.960 bits per heavy atom. The molecular formula is C18H15BrN4O2. The Bertz CT molecular complexity index is 884. The average Bonchev–Trinajstić information content (AvgIpc) is 2.65. The molecule has 0 saturated carbocycles. The minimum absolute atomic E-state index is 0.307. The predicted octanol–water partition coefficient (Wildman–Crippen LogP) is 4.24. The number of hydrogen-bond donors (Lipinski definition) is 2. The molecule has 1 amide bonds. The fourth-order valence-electron chi connectivity index (χ4n) is 2.18. The van der Waals surface area contributed by atoms with Gasteiger partial charge < -0.3 is 15.4 Å². The van der Waals surface area contributed by atoms with Gasteiger partial charge in [0.2, 0.25) is 0 Å². The molecule has 0 unspecified atom stereocenters. The van der Waals surface area contributed by atoms with Crippen molar-refractivity contribution in [2.24, 2.45) is 0 Å². The maximum Gasteiger partial charge on any atom is 0.260 e. The van der Waals surface area contributed by atoms with Crippen molar-refractivity contribution in [2.75, 3.05) is 17.7 Å². The number of para-hydroxylation sites is 2. The van der Waals surface area contributed by atoms with E-state index in [2.05, 4.69) is 36.8 Å². The van der Waals surface area contributed by atoms with Crippen molar-refractivity contribution >= 4 is 39.2 Å². The second kappa shape index (κ2) is 7.76. The van der Waals surface area contributed by atoms with Crippen molar-refractivity contribution < 1.29 is 9.53 Å². The van der Waals surface area contributed by atoms with E-state index in [-0.39, 0.29) is 5.91 Å². The number of carbonyl (C=O) groups is 1. The number of aromatic nitrogens is 2. The highest BCUT2D eigenvalue weighted by Gasteiger charge is 2.12. The van der Waals surface area contributed by atoms with Crippen molar-refractivity contribution in [3.05, 3.63) is 70.7 Å². The second-order valence-electron chi connectivity index (χ2n) is 5.06. The molecule has 2 aromatic carbocycles. The lowest BCUT2D eigenvalue weighted by Gasteiger charge is -2.09. The average molecular weight is 399 g/mol. The first-order valence-electron chi connectivity index (χ1n) is 7.47. The van der Waals surface area contributed by atoms with Gasteiger partial charge in [-0.25, -0.2) is 0 Å². The fraction of sp³-hybridized carbons (Fsp3) is 0.0556. The summed E-state index contributed by atoms with van der Waals surface area (Å²) in [5.41, 5.74) is 1.31. The van der Waals surface area contributed by atoms with Crippen molar-refractivity contribution in [3.63, 3.8) is 0 Å². The lowest BCUT2D eigenvalue weighted by molar-refractivity contribution is 0.102. The zero-order chi connectivity index (χ0) is 17.6. The van der Waals surface area contributed by atoms with Crippen LogP contribution in [0.25, 0.3) is 0 Å². The van der Waals surface area contributed by atoms with Crippen molar-refractivity contribution in [2.45, 2.75) is 0 Å². The molecule has 7 heteroatoms. The summed E-state index contributed by atoms with van der Waals surface area (Å²) in [5, 5.41) is 14.0. The van der Waals surface area contributed by atoms with E-state index in [1.807, 2.05) is 24.3 Å². The van der Waals surface area contributed by atoms with E-state index in [1.165, 1.54) is 7.11 Å². The third-order valence-electron chi connectivity index (χ3n) is 3.39. The Labute approximate surface area is 153 Å². The van der Waals surface area contributed by atoms with E-state index in [0.717, 1.165) is 10.2 Å². The number of nitrogens with zero attached hydrogens (tertiary/aromatic N) is 2. The van der Waals surface area contributed by atoms with Crippen LogP contribution >= 0.6 is 15.9 Å². The van der Waals surface area contributed by atoms with Gasteiger partial charge >= 0.3 is 0 Å². The maximum atomic E-state index is 12.3. The standard InChI is InChI=1S/C18H15BrN4O2/c1-25-15-9-5-2-6-12(15)18(24)21-17-11-10-16(22-23-17)20-14-8-4-3-7-13(14)19/h2-11H,1H3,(H,20,22)(H,21,23,24). The summed E-state index contributed by atoms with van der Waals surface area (Å²) in [5.74, 6) is 1.12. The minimum Gasteiger partial charge on any atom is -0.496 e. The number of rotatable bonds is 5. The molecule has 1 heterocycles. The van der Waals surface area contributed by atoms with Crippen LogP contribution in [-0.4, -0.2) is 23.2 Å². The van der Waals surface area contributed by atoms with Crippen LogP contribution in [-0.2, 0) is 0 Å². The minimum atomic E-state index is -0.307. The number of carbonyl (C=O) groups excluding carboxylic acids is 1. The van der Waals surface area contributed by atoms with E-state index in [0.29, 0.717) is 22.9 Å². The van der Waals surface area contributed by atoms with Gasteiger partial charge in [-0.15, -0.1) is 10.2 Å². The number of halogens is 1. The monoisotopic (exact) mass is 398 g/mol. The zero-order valence-electron chi connectivity index (χ0n) is 13.4. The normalized spacial score (nSPS) is 10.2. The summed E-state index contributed by atoms with van der Waals surface area (Å²) in [4.78, 5) is 12.3. The molecule has 126 valence electrons. The van der Waals surface area contributed by atoms with Crippen molar-refractivity contribution in [1.29, 1.82) is 0 Å². The highest BCUT2D eigenvalue weighted by molar-refractivity contribution is 9.10. The van der Waals surface area contributed by atoms with Crippen LogP contribution in [0.2, 0.25) is 0 Å². The largest absolute Gasteiger partial charge is 0.496 e. The topological polar surface area (TPSA) is 76.1 Å². The van der Waals surface area contributed by atoms with Crippen molar-refractivity contribution in [3.8, 4) is 5.75 Å². The van der Waals surface area contributed by atoms with Gasteiger partial charge in [-0.1, -0.05) is 24.3 Å². The van der Waals surface area contributed by atoms with Crippen LogP contribution in [0.4, 0.5) is 17.3 Å². The highest BCUT2D eigenvalue weighted by atomic mass is 79.9. The first-order valence-corrected chi connectivity index (χ1v) is 8.26. The number of nitrogens with one attached hydrogen (secondary N) is 2. The van der Waals surface area contributed by atoms with Gasteiger partial charge in [0.1, 0.15) is 5.75 Å². The van der Waals surface area contributed by atoms with E-state index in [9.17, 15) is 4.79 Å². The third-order valence-corrected chi connectivity index (χ3v) is 4.09. The van der Waals surface area contributed by atoms with Crippen LogP contribution in [0.15, 0.2) is 65.1 Å². The molecule has 3 rings (SSSR count). The van der Waals surface area contributed by atoms with Gasteiger partial charge in [0.25, 0.3) is 5.91 Å². The first-order chi connectivity index (χ1) is 12.2. The van der Waals surface area contributed by atoms with E-state index in [1.54, 1.807) is 36.4 Å². The van der Waals surface area contributed by atoms with Gasteiger partial charge in [0, 0.05) is 4.47 Å². The molecule has 25 heavy (non-hydrogen) atoms. The van der Waals surface area contributed by atoms with Crippen LogP contribution in [0.5, 0.6) is 5.75 Å². The van der Waals surface area contributed by atoms with Gasteiger partial charge in [-0.3, -0.25) is 4.79 Å². The Hall–Kier alpha value is -2.93. The Balaban J connectivity index is 1.70. The number of ether oxygens (including phenoxy) is 1. The summed E-state index contributed by atoms with van der Waals surface area (Å²) in [6.45, 7) is 0. The molecule has 1 aromatic heterocycles. The maximum absolute atomic E-state index is 12.3. The molecule has 0 aliphatic rings. The highest BCUT2D eigenvalue weighted by Crippen LogP contribution is 2.24. The molecule has 0 aliphatic carbocycles. The van der Waals surface area contributed by atoms with Crippen LogP contribution in [0.3, 0.4) is 0 Å². The molecule has 0 atom stereocenters. The lowest BCUT2D eigenvalue weighted by atomic mass is 10.2. The number of methoxy groups -OCH3 is 1. The molecule has 0 saturated heterocycles. The molecule has 0 bridgehead atoms. The third kappa shape index (κ3) is 4.13. The summed E-state index contributed by atoms with van der Waals surface area (Å²) in [6, 6.07) is 18.1. The predicted molar refractivity (Wildman–Crippen MR) is 100 cm³/mol. The smallest absolute Gasteiger partial charge is 0.260 e. The molecule has 2 N–H and O–H groups in total. The fourth-order valence-corrected chi connectivity index (χ4v) is 2.57. The molecular weight excluding hydrogens is 384 g/mol. The number of amides is 1. The zero-order valence-corrected chi connectivity index (χ0v) is 14.9. The molecule has 0 spiro atoms. The second-order valence-corrected chi connectivity index (χ2v) is 5.92. The Morgan fingerprint density at radius 3 is 2.36 bits per heavy atom. The summed E-state index contributed by atoms with van der Waals surface area (Å²) in [6.07, 6.45) is 0. The van der Waals surface area contributed by atoms with E-state index >= 15 is 0 Å². The summed E-state index contributed by atoms with van der Waals surface area (Å²) < 4.78 is 6.11. The lowest BCUT2D eigenvalue weighted by Crippen LogP contribution is -2.14. The van der Waals surface area contributed by atoms with E-state index < -0.39 is 0 Å². The van der Waals surface area contributed by atoms with Crippen LogP contribution in [0, 0.1) is 0 Å². The van der Waals surface area contributed by atoms with Crippen molar-refractivity contribution in [1.82, 2.24) is 10.2 Å². The van der Waals surface area contributed by atoms with Crippen LogP contribution < -0.4 is 15.4 Å². The molecule has 0 aliphatic heterocycles. The quantitative estimate of drug-likeness (QED) is 0.671. The molecule has 6 nitrogen and oxygen atoms in total. The van der Waals surface area contributed by atoms with Gasteiger partial charge in [-0.05, 0) is 52.3 Å². The Kier molecular flexibility index (Phi) is 5.25. The Morgan fingerprint density at radius 2 is 1.64 bits per heavy atom. The molecule has 0 fully saturated rings.